The number of nitrogens with one attached hydrogen (secondary N) is 1. The number of guanidine groups is 1. The zero-order chi connectivity index (χ0) is 14.1. The molecule has 1 aromatic rings. The number of rotatable bonds is 7. The first kappa shape index (κ1) is 15.3. The van der Waals surface area contributed by atoms with E-state index in [4.69, 9.17) is 10.5 Å². The van der Waals surface area contributed by atoms with Crippen molar-refractivity contribution in [2.45, 2.75) is 33.7 Å². The molecule has 0 aromatic heterocycles. The monoisotopic (exact) mass is 263 g/mol. The molecule has 0 fully saturated rings. The van der Waals surface area contributed by atoms with E-state index in [9.17, 15) is 0 Å². The number of nitrogens with two attached hydrogens (primary N) is 1. The summed E-state index contributed by atoms with van der Waals surface area (Å²) in [7, 11) is 0. The molecule has 0 aliphatic carbocycles. The lowest BCUT2D eigenvalue weighted by Crippen LogP contribution is -2.32. The fourth-order valence-electron chi connectivity index (χ4n) is 1.48. The number of aliphatic imine (C=N–C) groups is 1. The van der Waals surface area contributed by atoms with Gasteiger partial charge in [0.2, 0.25) is 0 Å². The second-order valence-electron chi connectivity index (χ2n) is 4.98. The zero-order valence-electron chi connectivity index (χ0n) is 12.1. The van der Waals surface area contributed by atoms with Crippen LogP contribution in [0.25, 0.3) is 0 Å². The van der Waals surface area contributed by atoms with Gasteiger partial charge in [-0.15, -0.1) is 0 Å². The largest absolute Gasteiger partial charge is 0.493 e. The maximum absolute atomic E-state index is 5.75. The van der Waals surface area contributed by atoms with Crippen LogP contribution in [0.5, 0.6) is 5.75 Å². The van der Waals surface area contributed by atoms with E-state index < -0.39 is 0 Å². The van der Waals surface area contributed by atoms with Gasteiger partial charge in [0.1, 0.15) is 5.75 Å². The van der Waals surface area contributed by atoms with E-state index in [1.807, 2.05) is 24.3 Å². The van der Waals surface area contributed by atoms with Crippen molar-refractivity contribution in [2.75, 3.05) is 13.2 Å². The van der Waals surface area contributed by atoms with Crippen LogP contribution in [0, 0.1) is 5.92 Å². The minimum atomic E-state index is 0.496. The van der Waals surface area contributed by atoms with E-state index >= 15 is 0 Å². The van der Waals surface area contributed by atoms with E-state index in [2.05, 4.69) is 31.1 Å². The van der Waals surface area contributed by atoms with Crippen LogP contribution in [0.15, 0.2) is 29.3 Å². The molecule has 0 atom stereocenters. The molecule has 4 heteroatoms. The van der Waals surface area contributed by atoms with Gasteiger partial charge in [-0.05, 0) is 30.0 Å². The molecule has 1 rings (SSSR count). The molecule has 0 aliphatic heterocycles. The zero-order valence-corrected chi connectivity index (χ0v) is 12.1. The molecule has 0 heterocycles. The third-order valence-corrected chi connectivity index (χ3v) is 2.47. The van der Waals surface area contributed by atoms with Gasteiger partial charge >= 0.3 is 0 Å². The summed E-state index contributed by atoms with van der Waals surface area (Å²) in [5.74, 6) is 1.91. The molecular formula is C15H25N3O. The summed E-state index contributed by atoms with van der Waals surface area (Å²) in [6.07, 6.45) is 1.04. The van der Waals surface area contributed by atoms with E-state index in [1.54, 1.807) is 0 Å². The lowest BCUT2D eigenvalue weighted by molar-refractivity contribution is 0.271. The summed E-state index contributed by atoms with van der Waals surface area (Å²) >= 11 is 0. The first-order valence-corrected chi connectivity index (χ1v) is 6.87. The Labute approximate surface area is 116 Å². The molecule has 19 heavy (non-hydrogen) atoms. The highest BCUT2D eigenvalue weighted by Crippen LogP contribution is 2.14. The maximum atomic E-state index is 5.75. The van der Waals surface area contributed by atoms with Crippen LogP contribution in [0.2, 0.25) is 0 Å². The molecule has 0 saturated carbocycles. The Morgan fingerprint density at radius 3 is 2.89 bits per heavy atom. The predicted octanol–water partition coefficient (Wildman–Crippen LogP) is 2.54. The van der Waals surface area contributed by atoms with Crippen LogP contribution in [0.3, 0.4) is 0 Å². The summed E-state index contributed by atoms with van der Waals surface area (Å²) in [5.41, 5.74) is 6.85. The molecule has 0 aliphatic rings. The van der Waals surface area contributed by atoms with Gasteiger partial charge in [-0.1, -0.05) is 32.9 Å². The second kappa shape index (κ2) is 8.40. The normalized spacial score (nSPS) is 11.7. The van der Waals surface area contributed by atoms with Gasteiger partial charge < -0.3 is 15.8 Å². The van der Waals surface area contributed by atoms with Gasteiger partial charge in [-0.3, -0.25) is 0 Å². The van der Waals surface area contributed by atoms with Crippen molar-refractivity contribution in [3.63, 3.8) is 0 Å². The second-order valence-corrected chi connectivity index (χ2v) is 4.98. The van der Waals surface area contributed by atoms with E-state index in [-0.39, 0.29) is 0 Å². The highest BCUT2D eigenvalue weighted by molar-refractivity contribution is 5.77. The Bertz CT molecular complexity index is 402. The van der Waals surface area contributed by atoms with Crippen LogP contribution in [0.4, 0.5) is 0 Å². The number of benzene rings is 1. The highest BCUT2D eigenvalue weighted by Gasteiger charge is 1.99. The Morgan fingerprint density at radius 1 is 1.42 bits per heavy atom. The third-order valence-electron chi connectivity index (χ3n) is 2.47. The molecule has 0 radical (unpaired) electrons. The van der Waals surface area contributed by atoms with E-state index in [1.165, 1.54) is 0 Å². The SMILES string of the molecule is CCCNC(N)=NCc1cccc(OCC(C)C)c1. The van der Waals surface area contributed by atoms with Crippen molar-refractivity contribution in [1.29, 1.82) is 0 Å². The topological polar surface area (TPSA) is 59.6 Å². The maximum Gasteiger partial charge on any atom is 0.188 e. The quantitative estimate of drug-likeness (QED) is 0.587. The van der Waals surface area contributed by atoms with Gasteiger partial charge in [-0.25, -0.2) is 4.99 Å². The van der Waals surface area contributed by atoms with Gasteiger partial charge in [-0.2, -0.15) is 0 Å². The van der Waals surface area contributed by atoms with Crippen molar-refractivity contribution in [3.8, 4) is 5.75 Å². The van der Waals surface area contributed by atoms with Crippen LogP contribution >= 0.6 is 0 Å². The van der Waals surface area contributed by atoms with Gasteiger partial charge in [0.25, 0.3) is 0 Å². The first-order valence-electron chi connectivity index (χ1n) is 6.87. The van der Waals surface area contributed by atoms with Gasteiger partial charge in [0.15, 0.2) is 5.96 Å². The number of hydrogen-bond donors (Lipinski definition) is 2. The van der Waals surface area contributed by atoms with E-state index in [0.717, 1.165) is 30.9 Å². The van der Waals surface area contributed by atoms with Crippen LogP contribution in [-0.2, 0) is 6.54 Å². The van der Waals surface area contributed by atoms with E-state index in [0.29, 0.717) is 18.4 Å². The van der Waals surface area contributed by atoms with Crippen molar-refractivity contribution < 1.29 is 4.74 Å². The number of ether oxygens (including phenoxy) is 1. The lowest BCUT2D eigenvalue weighted by atomic mass is 10.2. The Hall–Kier alpha value is -1.71. The van der Waals surface area contributed by atoms with Crippen molar-refractivity contribution in [2.24, 2.45) is 16.6 Å². The summed E-state index contributed by atoms with van der Waals surface area (Å²) < 4.78 is 5.68. The van der Waals surface area contributed by atoms with Crippen molar-refractivity contribution in [3.05, 3.63) is 29.8 Å². The van der Waals surface area contributed by atoms with Crippen molar-refractivity contribution in [1.82, 2.24) is 5.32 Å². The minimum Gasteiger partial charge on any atom is -0.493 e. The summed E-state index contributed by atoms with van der Waals surface area (Å²) in [4.78, 5) is 4.30. The average Bonchev–Trinajstić information content (AvgIpc) is 2.41. The highest BCUT2D eigenvalue weighted by atomic mass is 16.5. The van der Waals surface area contributed by atoms with Crippen LogP contribution in [0.1, 0.15) is 32.8 Å². The van der Waals surface area contributed by atoms with Gasteiger partial charge in [0, 0.05) is 6.54 Å². The molecule has 0 bridgehead atoms. The Kier molecular flexibility index (Phi) is 6.79. The number of nitrogens with zero attached hydrogens (tertiary/aromatic N) is 1. The fourth-order valence-corrected chi connectivity index (χ4v) is 1.48. The molecular weight excluding hydrogens is 238 g/mol. The molecule has 0 spiro atoms. The Morgan fingerprint density at radius 2 is 2.21 bits per heavy atom. The summed E-state index contributed by atoms with van der Waals surface area (Å²) in [6, 6.07) is 7.99. The third kappa shape index (κ3) is 6.70. The standard InChI is InChI=1S/C15H25N3O/c1-4-8-17-15(16)18-10-13-6-5-7-14(9-13)19-11-12(2)3/h5-7,9,12H,4,8,10-11H2,1-3H3,(H3,16,17,18). The molecule has 106 valence electrons. The smallest absolute Gasteiger partial charge is 0.188 e. The molecule has 1 aromatic carbocycles. The summed E-state index contributed by atoms with van der Waals surface area (Å²) in [6.45, 7) is 8.51. The van der Waals surface area contributed by atoms with Crippen LogP contribution in [-0.4, -0.2) is 19.1 Å². The molecule has 0 unspecified atom stereocenters. The predicted molar refractivity (Wildman–Crippen MR) is 80.4 cm³/mol. The van der Waals surface area contributed by atoms with Crippen LogP contribution < -0.4 is 15.8 Å². The molecule has 3 N–H and O–H groups in total. The lowest BCUT2D eigenvalue weighted by Gasteiger charge is -2.09. The number of hydrogen-bond acceptors (Lipinski definition) is 2. The molecule has 0 amide bonds. The minimum absolute atomic E-state index is 0.496. The molecule has 0 saturated heterocycles. The van der Waals surface area contributed by atoms with Crippen molar-refractivity contribution >= 4 is 5.96 Å². The summed E-state index contributed by atoms with van der Waals surface area (Å²) in [5, 5.41) is 3.05. The fraction of sp³-hybridized carbons (Fsp3) is 0.533. The average molecular weight is 263 g/mol. The van der Waals surface area contributed by atoms with Gasteiger partial charge in [0.05, 0.1) is 13.2 Å². The molecule has 4 nitrogen and oxygen atoms in total. The first-order chi connectivity index (χ1) is 9.11. The Balaban J connectivity index is 2.52.